The van der Waals surface area contributed by atoms with Crippen LogP contribution in [0.3, 0.4) is 0 Å². The number of halogens is 1. The lowest BCUT2D eigenvalue weighted by atomic mass is 9.71. The Hall–Kier alpha value is -3.04. The number of nitrogens with one attached hydrogen (secondary N) is 1. The highest BCUT2D eigenvalue weighted by Gasteiger charge is 2.49. The maximum Gasteiger partial charge on any atom is 0.240 e. The molecule has 1 N–H and O–H groups in total. The molecule has 5 rings (SSSR count). The molecule has 0 saturated carbocycles. The van der Waals surface area contributed by atoms with Gasteiger partial charge in [-0.25, -0.2) is 0 Å². The highest BCUT2D eigenvalue weighted by atomic mass is 35.5. The van der Waals surface area contributed by atoms with Gasteiger partial charge in [0.15, 0.2) is 0 Å². The van der Waals surface area contributed by atoms with Crippen LogP contribution in [0.1, 0.15) is 16.7 Å². The van der Waals surface area contributed by atoms with Gasteiger partial charge in [-0.15, -0.1) is 0 Å². The summed E-state index contributed by atoms with van der Waals surface area (Å²) in [5.74, 6) is 0.0139. The topological polar surface area (TPSA) is 34.0 Å². The fourth-order valence-electron chi connectivity index (χ4n) is 4.44. The molecule has 0 unspecified atom stereocenters. The Morgan fingerprint density at radius 1 is 0.929 bits per heavy atom. The predicted octanol–water partition coefficient (Wildman–Crippen LogP) is 5.31. The SMILES string of the molecule is Cn1cc([C@]2(Cc3ccc(Cl)cc3)C(=O)Nc3ccccc32)c2ccccc21. The second kappa shape index (κ2) is 6.25. The second-order valence-corrected chi connectivity index (χ2v) is 7.82. The van der Waals surface area contributed by atoms with Crippen molar-refractivity contribution in [3.05, 3.63) is 101 Å². The molecule has 0 fully saturated rings. The number of rotatable bonds is 3. The normalized spacial score (nSPS) is 18.3. The Labute approximate surface area is 168 Å². The van der Waals surface area contributed by atoms with Crippen LogP contribution >= 0.6 is 11.6 Å². The van der Waals surface area contributed by atoms with Gasteiger partial charge in [0.05, 0.1) is 0 Å². The first-order valence-corrected chi connectivity index (χ1v) is 9.67. The number of nitrogens with zero attached hydrogens (tertiary/aromatic N) is 1. The lowest BCUT2D eigenvalue weighted by Gasteiger charge is -2.28. The summed E-state index contributed by atoms with van der Waals surface area (Å²) >= 11 is 6.09. The number of anilines is 1. The van der Waals surface area contributed by atoms with Gasteiger partial charge in [-0.3, -0.25) is 4.79 Å². The van der Waals surface area contributed by atoms with E-state index in [4.69, 9.17) is 11.6 Å². The smallest absolute Gasteiger partial charge is 0.240 e. The van der Waals surface area contributed by atoms with Gasteiger partial charge in [-0.05, 0) is 47.4 Å². The molecule has 0 radical (unpaired) electrons. The van der Waals surface area contributed by atoms with E-state index in [-0.39, 0.29) is 5.91 Å². The third kappa shape index (κ3) is 2.40. The van der Waals surface area contributed by atoms with E-state index in [0.29, 0.717) is 11.4 Å². The van der Waals surface area contributed by atoms with Gasteiger partial charge in [0.1, 0.15) is 5.41 Å². The number of benzene rings is 3. The minimum absolute atomic E-state index is 0.0139. The molecule has 1 aromatic heterocycles. The Balaban J connectivity index is 1.81. The van der Waals surface area contributed by atoms with E-state index in [1.165, 1.54) is 0 Å². The molecule has 0 aliphatic carbocycles. The van der Waals surface area contributed by atoms with Crippen LogP contribution in [0.2, 0.25) is 5.02 Å². The zero-order chi connectivity index (χ0) is 19.3. The monoisotopic (exact) mass is 386 g/mol. The van der Waals surface area contributed by atoms with Crippen LogP contribution in [0, 0.1) is 0 Å². The van der Waals surface area contributed by atoms with E-state index in [1.54, 1.807) is 0 Å². The highest BCUT2D eigenvalue weighted by molar-refractivity contribution is 6.30. The van der Waals surface area contributed by atoms with Crippen molar-refractivity contribution < 1.29 is 4.79 Å². The van der Waals surface area contributed by atoms with E-state index < -0.39 is 5.41 Å². The molecule has 4 aromatic rings. The zero-order valence-corrected chi connectivity index (χ0v) is 16.2. The van der Waals surface area contributed by atoms with Crippen LogP contribution in [0.5, 0.6) is 0 Å². The van der Waals surface area contributed by atoms with Crippen molar-refractivity contribution >= 4 is 34.1 Å². The molecule has 4 heteroatoms. The van der Waals surface area contributed by atoms with Crippen LogP contribution < -0.4 is 5.32 Å². The number of fused-ring (bicyclic) bond motifs is 2. The minimum Gasteiger partial charge on any atom is -0.350 e. The number of aryl methyl sites for hydroxylation is 1. The Bertz CT molecular complexity index is 1210. The summed E-state index contributed by atoms with van der Waals surface area (Å²) < 4.78 is 2.10. The molecule has 1 atom stereocenters. The Kier molecular flexibility index (Phi) is 3.81. The molecule has 138 valence electrons. The number of hydrogen-bond donors (Lipinski definition) is 1. The number of hydrogen-bond acceptors (Lipinski definition) is 1. The summed E-state index contributed by atoms with van der Waals surface area (Å²) in [4.78, 5) is 13.5. The first-order valence-electron chi connectivity index (χ1n) is 9.29. The molecule has 3 aromatic carbocycles. The maximum atomic E-state index is 13.5. The van der Waals surface area contributed by atoms with Gasteiger partial charge in [-0.2, -0.15) is 0 Å². The Morgan fingerprint density at radius 2 is 1.64 bits per heavy atom. The van der Waals surface area contributed by atoms with Crippen molar-refractivity contribution in [3.63, 3.8) is 0 Å². The van der Waals surface area contributed by atoms with Crippen LogP contribution in [-0.4, -0.2) is 10.5 Å². The van der Waals surface area contributed by atoms with Crippen LogP contribution in [0.25, 0.3) is 10.9 Å². The number of aromatic nitrogens is 1. The number of carbonyl (C=O) groups is 1. The number of amides is 1. The molecule has 1 aliphatic rings. The van der Waals surface area contributed by atoms with Crippen molar-refractivity contribution in [1.82, 2.24) is 4.57 Å². The Morgan fingerprint density at radius 3 is 2.46 bits per heavy atom. The van der Waals surface area contributed by atoms with E-state index in [0.717, 1.165) is 33.3 Å². The summed E-state index contributed by atoms with van der Waals surface area (Å²) in [6, 6.07) is 24.0. The van der Waals surface area contributed by atoms with Crippen LogP contribution in [-0.2, 0) is 23.7 Å². The first-order chi connectivity index (χ1) is 13.6. The lowest BCUT2D eigenvalue weighted by molar-refractivity contribution is -0.119. The second-order valence-electron chi connectivity index (χ2n) is 7.38. The molecule has 3 nitrogen and oxygen atoms in total. The highest BCUT2D eigenvalue weighted by Crippen LogP contribution is 2.47. The fraction of sp³-hybridized carbons (Fsp3) is 0.125. The van der Waals surface area contributed by atoms with Crippen molar-refractivity contribution in [2.75, 3.05) is 5.32 Å². The van der Waals surface area contributed by atoms with E-state index >= 15 is 0 Å². The van der Waals surface area contributed by atoms with Gasteiger partial charge < -0.3 is 9.88 Å². The maximum absolute atomic E-state index is 13.5. The predicted molar refractivity (Wildman–Crippen MR) is 114 cm³/mol. The number of para-hydroxylation sites is 2. The van der Waals surface area contributed by atoms with Gasteiger partial charge in [0.2, 0.25) is 5.91 Å². The van der Waals surface area contributed by atoms with Gasteiger partial charge >= 0.3 is 0 Å². The summed E-state index contributed by atoms with van der Waals surface area (Å²) in [5.41, 5.74) is 4.34. The van der Waals surface area contributed by atoms with Gasteiger partial charge in [0, 0.05) is 34.9 Å². The molecular weight excluding hydrogens is 368 g/mol. The standard InChI is InChI=1S/C24H19ClN2O/c1-27-15-20(18-6-2-5-9-22(18)27)24(14-16-10-12-17(25)13-11-16)19-7-3-4-8-21(19)26-23(24)28/h2-13,15H,14H2,1H3,(H,26,28)/t24-/m1/s1. The summed E-state index contributed by atoms with van der Waals surface area (Å²) in [7, 11) is 2.03. The molecular formula is C24H19ClN2O. The van der Waals surface area contributed by atoms with E-state index in [9.17, 15) is 4.79 Å². The van der Waals surface area contributed by atoms with Crippen molar-refractivity contribution in [1.29, 1.82) is 0 Å². The zero-order valence-electron chi connectivity index (χ0n) is 15.4. The first kappa shape index (κ1) is 17.1. The van der Waals surface area contributed by atoms with Crippen molar-refractivity contribution in [2.45, 2.75) is 11.8 Å². The molecule has 0 saturated heterocycles. The molecule has 1 amide bonds. The molecule has 1 aliphatic heterocycles. The van der Waals surface area contributed by atoms with Crippen molar-refractivity contribution in [3.8, 4) is 0 Å². The third-order valence-corrected chi connectivity index (χ3v) is 6.01. The summed E-state index contributed by atoms with van der Waals surface area (Å²) in [6.07, 6.45) is 2.67. The average Bonchev–Trinajstić information content (AvgIpc) is 3.19. The minimum atomic E-state index is -0.786. The average molecular weight is 387 g/mol. The molecule has 0 spiro atoms. The summed E-state index contributed by atoms with van der Waals surface area (Å²) in [6.45, 7) is 0. The lowest BCUT2D eigenvalue weighted by Crippen LogP contribution is -2.38. The van der Waals surface area contributed by atoms with Gasteiger partial charge in [-0.1, -0.05) is 60.1 Å². The van der Waals surface area contributed by atoms with Gasteiger partial charge in [0.25, 0.3) is 0 Å². The molecule has 0 bridgehead atoms. The summed E-state index contributed by atoms with van der Waals surface area (Å²) in [5, 5.41) is 4.91. The third-order valence-electron chi connectivity index (χ3n) is 5.76. The van der Waals surface area contributed by atoms with Crippen LogP contribution in [0.15, 0.2) is 79.0 Å². The van der Waals surface area contributed by atoms with E-state index in [1.807, 2.05) is 61.6 Å². The quantitative estimate of drug-likeness (QED) is 0.508. The van der Waals surface area contributed by atoms with Crippen LogP contribution in [0.4, 0.5) is 5.69 Å². The number of carbonyl (C=O) groups excluding carboxylic acids is 1. The van der Waals surface area contributed by atoms with Crippen molar-refractivity contribution in [2.24, 2.45) is 7.05 Å². The molecule has 28 heavy (non-hydrogen) atoms. The fourth-order valence-corrected chi connectivity index (χ4v) is 4.57. The largest absolute Gasteiger partial charge is 0.350 e. The molecule has 2 heterocycles. The van der Waals surface area contributed by atoms with E-state index in [2.05, 4.69) is 34.3 Å².